The van der Waals surface area contributed by atoms with Crippen molar-refractivity contribution in [1.29, 1.82) is 0 Å². The van der Waals surface area contributed by atoms with E-state index >= 15 is 0 Å². The van der Waals surface area contributed by atoms with E-state index in [-0.39, 0.29) is 0 Å². The van der Waals surface area contributed by atoms with Crippen LogP contribution in [-0.4, -0.2) is 32.2 Å². The van der Waals surface area contributed by atoms with Crippen LogP contribution < -0.4 is 0 Å². The molecule has 7 heteroatoms. The monoisotopic (exact) mass is 317 g/mol. The van der Waals surface area contributed by atoms with E-state index in [1.54, 1.807) is 12.1 Å². The Hall–Kier alpha value is 0.380. The van der Waals surface area contributed by atoms with Crippen molar-refractivity contribution in [3.05, 3.63) is 15.9 Å². The zero-order valence-electron chi connectivity index (χ0n) is 7.41. The first-order valence-corrected chi connectivity index (χ1v) is 7.34. The first-order valence-electron chi connectivity index (χ1n) is 3.76. The van der Waals surface area contributed by atoms with Gasteiger partial charge in [-0.2, -0.15) is 4.31 Å². The zero-order valence-corrected chi connectivity index (χ0v) is 11.4. The highest BCUT2D eigenvalue weighted by Gasteiger charge is 2.21. The fourth-order valence-corrected chi connectivity index (χ4v) is 4.58. The number of sulfonamides is 1. The van der Waals surface area contributed by atoms with Crippen molar-refractivity contribution in [3.63, 3.8) is 0 Å². The standard InChI is InChI=1S/C7H9BrClNO2S2/c1-10(5-4-9)14(11,12)7-3-2-6(8)13-7/h2-3H,4-5H2,1H3. The third-order valence-electron chi connectivity index (χ3n) is 1.61. The van der Waals surface area contributed by atoms with Crippen molar-refractivity contribution in [1.82, 2.24) is 4.31 Å². The zero-order chi connectivity index (χ0) is 10.8. The highest BCUT2D eigenvalue weighted by atomic mass is 79.9. The first kappa shape index (κ1) is 12.4. The Morgan fingerprint density at radius 3 is 2.64 bits per heavy atom. The van der Waals surface area contributed by atoms with Gasteiger partial charge in [0.15, 0.2) is 0 Å². The van der Waals surface area contributed by atoms with Crippen LogP contribution in [0.2, 0.25) is 0 Å². The molecule has 0 radical (unpaired) electrons. The highest BCUT2D eigenvalue weighted by molar-refractivity contribution is 9.11. The predicted molar refractivity (Wildman–Crippen MR) is 62.6 cm³/mol. The summed E-state index contributed by atoms with van der Waals surface area (Å²) in [5, 5.41) is 0. The summed E-state index contributed by atoms with van der Waals surface area (Å²) in [6, 6.07) is 3.29. The summed E-state index contributed by atoms with van der Waals surface area (Å²) in [5.74, 6) is 0.294. The fourth-order valence-electron chi connectivity index (χ4n) is 0.829. The van der Waals surface area contributed by atoms with Crippen LogP contribution in [0.15, 0.2) is 20.1 Å². The Morgan fingerprint density at radius 1 is 1.57 bits per heavy atom. The van der Waals surface area contributed by atoms with Gasteiger partial charge in [-0.25, -0.2) is 8.42 Å². The average molecular weight is 319 g/mol. The molecule has 0 aliphatic carbocycles. The molecule has 0 N–H and O–H groups in total. The topological polar surface area (TPSA) is 37.4 Å². The van der Waals surface area contributed by atoms with Gasteiger partial charge in [-0.1, -0.05) is 0 Å². The third kappa shape index (κ3) is 2.70. The first-order chi connectivity index (χ1) is 6.48. The quantitative estimate of drug-likeness (QED) is 0.799. The molecule has 14 heavy (non-hydrogen) atoms. The molecular formula is C7H9BrClNO2S2. The maximum absolute atomic E-state index is 11.8. The molecule has 0 atom stereocenters. The summed E-state index contributed by atoms with van der Waals surface area (Å²) in [6.45, 7) is 0.319. The average Bonchev–Trinajstić information content (AvgIpc) is 2.52. The second-order valence-electron chi connectivity index (χ2n) is 2.57. The maximum Gasteiger partial charge on any atom is 0.252 e. The molecule has 0 saturated heterocycles. The second kappa shape index (κ2) is 4.94. The lowest BCUT2D eigenvalue weighted by Gasteiger charge is -2.13. The molecule has 0 unspecified atom stereocenters. The van der Waals surface area contributed by atoms with Gasteiger partial charge >= 0.3 is 0 Å². The highest BCUT2D eigenvalue weighted by Crippen LogP contribution is 2.27. The van der Waals surface area contributed by atoms with Crippen LogP contribution >= 0.6 is 38.9 Å². The van der Waals surface area contributed by atoms with Crippen molar-refractivity contribution >= 4 is 48.9 Å². The largest absolute Gasteiger partial charge is 0.252 e. The lowest BCUT2D eigenvalue weighted by atomic mass is 10.7. The van der Waals surface area contributed by atoms with Crippen LogP contribution in [0.4, 0.5) is 0 Å². The van der Waals surface area contributed by atoms with Gasteiger partial charge in [0.2, 0.25) is 0 Å². The Kier molecular flexibility index (Phi) is 4.39. The molecule has 0 aliphatic heterocycles. The van der Waals surface area contributed by atoms with Gasteiger partial charge in [-0.15, -0.1) is 22.9 Å². The van der Waals surface area contributed by atoms with Crippen LogP contribution in [0.25, 0.3) is 0 Å². The molecule has 0 spiro atoms. The Labute approximate surface area is 101 Å². The van der Waals surface area contributed by atoms with Crippen LogP contribution in [0.1, 0.15) is 0 Å². The molecular weight excluding hydrogens is 310 g/mol. The van der Waals surface area contributed by atoms with Crippen LogP contribution in [0, 0.1) is 0 Å². The van der Waals surface area contributed by atoms with E-state index < -0.39 is 10.0 Å². The summed E-state index contributed by atoms with van der Waals surface area (Å²) in [5.41, 5.74) is 0. The molecule has 80 valence electrons. The van der Waals surface area contributed by atoms with Crippen LogP contribution in [0.5, 0.6) is 0 Å². The molecule has 1 aromatic rings. The number of hydrogen-bond donors (Lipinski definition) is 0. The van der Waals surface area contributed by atoms with E-state index in [0.717, 1.165) is 3.79 Å². The SMILES string of the molecule is CN(CCCl)S(=O)(=O)c1ccc(Br)s1. The van der Waals surface area contributed by atoms with E-state index in [1.807, 2.05) is 0 Å². The number of alkyl halides is 1. The molecule has 3 nitrogen and oxygen atoms in total. The van der Waals surface area contributed by atoms with Crippen molar-refractivity contribution < 1.29 is 8.42 Å². The summed E-state index contributed by atoms with van der Waals surface area (Å²) in [4.78, 5) is 0. The molecule has 0 aromatic carbocycles. The van der Waals surface area contributed by atoms with Crippen LogP contribution in [0.3, 0.4) is 0 Å². The minimum absolute atomic E-state index is 0.294. The van der Waals surface area contributed by atoms with E-state index in [0.29, 0.717) is 16.6 Å². The van der Waals surface area contributed by atoms with Crippen LogP contribution in [-0.2, 0) is 10.0 Å². The maximum atomic E-state index is 11.8. The normalized spacial score (nSPS) is 12.3. The van der Waals surface area contributed by atoms with E-state index in [4.69, 9.17) is 11.6 Å². The van der Waals surface area contributed by atoms with Gasteiger partial charge < -0.3 is 0 Å². The van der Waals surface area contributed by atoms with Crippen molar-refractivity contribution in [2.24, 2.45) is 0 Å². The van der Waals surface area contributed by atoms with Crippen molar-refractivity contribution in [2.45, 2.75) is 4.21 Å². The summed E-state index contributed by atoms with van der Waals surface area (Å²) < 4.78 is 26.0. The van der Waals surface area contributed by atoms with Gasteiger partial charge in [0, 0.05) is 19.5 Å². The van der Waals surface area contributed by atoms with E-state index in [9.17, 15) is 8.42 Å². The molecule has 0 bridgehead atoms. The smallest absolute Gasteiger partial charge is 0.206 e. The molecule has 1 aromatic heterocycles. The number of halogens is 2. The summed E-state index contributed by atoms with van der Waals surface area (Å²) in [7, 11) is -1.82. The Balaban J connectivity index is 2.96. The lowest BCUT2D eigenvalue weighted by Crippen LogP contribution is -2.28. The Bertz CT molecular complexity index is 404. The van der Waals surface area contributed by atoms with Gasteiger partial charge in [0.1, 0.15) is 4.21 Å². The molecule has 0 amide bonds. The van der Waals surface area contributed by atoms with Crippen molar-refractivity contribution in [2.75, 3.05) is 19.5 Å². The molecule has 0 fully saturated rings. The summed E-state index contributed by atoms with van der Waals surface area (Å²) >= 11 is 9.90. The number of hydrogen-bond acceptors (Lipinski definition) is 3. The minimum atomic E-state index is -3.34. The summed E-state index contributed by atoms with van der Waals surface area (Å²) in [6.07, 6.45) is 0. The molecule has 1 rings (SSSR count). The van der Waals surface area contributed by atoms with Crippen molar-refractivity contribution in [3.8, 4) is 0 Å². The van der Waals surface area contributed by atoms with E-state index in [2.05, 4.69) is 15.9 Å². The second-order valence-corrected chi connectivity index (χ2v) is 7.69. The molecule has 1 heterocycles. The minimum Gasteiger partial charge on any atom is -0.206 e. The van der Waals surface area contributed by atoms with Gasteiger partial charge in [0.25, 0.3) is 10.0 Å². The number of rotatable bonds is 4. The number of thiophene rings is 1. The van der Waals surface area contributed by atoms with Gasteiger partial charge in [-0.05, 0) is 28.1 Å². The third-order valence-corrected chi connectivity index (χ3v) is 5.73. The van der Waals surface area contributed by atoms with Gasteiger partial charge in [-0.3, -0.25) is 0 Å². The lowest BCUT2D eigenvalue weighted by molar-refractivity contribution is 0.490. The Morgan fingerprint density at radius 2 is 2.21 bits per heavy atom. The molecule has 0 aliphatic rings. The molecule has 0 saturated carbocycles. The number of nitrogens with zero attached hydrogens (tertiary/aromatic N) is 1. The predicted octanol–water partition coefficient (Wildman–Crippen LogP) is 2.37. The fraction of sp³-hybridized carbons (Fsp3) is 0.429. The van der Waals surface area contributed by atoms with E-state index in [1.165, 1.54) is 22.7 Å². The van der Waals surface area contributed by atoms with Gasteiger partial charge in [0.05, 0.1) is 3.79 Å².